The van der Waals surface area contributed by atoms with E-state index < -0.39 is 23.3 Å². The molecule has 2 heterocycles. The second-order valence-corrected chi connectivity index (χ2v) is 6.19. The zero-order valence-corrected chi connectivity index (χ0v) is 13.7. The summed E-state index contributed by atoms with van der Waals surface area (Å²) in [6.45, 7) is 4.43. The molecule has 2 bridgehead atoms. The topological polar surface area (TPSA) is 67.9 Å². The molecule has 0 aromatic heterocycles. The first-order valence-electron chi connectivity index (χ1n) is 7.86. The number of ether oxygens (including phenoxy) is 2. The Morgan fingerprint density at radius 1 is 1.43 bits per heavy atom. The summed E-state index contributed by atoms with van der Waals surface area (Å²) in [7, 11) is 1.66. The number of likely N-dealkylation sites (N-methyl/N-ethyl adjacent to an activating group) is 1. The minimum Gasteiger partial charge on any atom is -0.374 e. The fraction of sp³-hybridized carbons (Fsp3) is 0.529. The fourth-order valence-corrected chi connectivity index (χ4v) is 3.37. The zero-order valence-electron chi connectivity index (χ0n) is 13.7. The molecule has 3 atom stereocenters. The molecule has 3 rings (SSSR count). The van der Waals surface area contributed by atoms with Crippen molar-refractivity contribution in [1.82, 2.24) is 10.2 Å². The maximum atomic E-state index is 12.8. The smallest absolute Gasteiger partial charge is 0.269 e. The molecule has 0 radical (unpaired) electrons. The molecule has 0 spiro atoms. The van der Waals surface area contributed by atoms with Crippen LogP contribution in [0.25, 0.3) is 0 Å². The molecule has 1 aromatic rings. The minimum absolute atomic E-state index is 0.338. The molecule has 2 aliphatic rings. The third-order valence-electron chi connectivity index (χ3n) is 4.73. The van der Waals surface area contributed by atoms with Gasteiger partial charge >= 0.3 is 0 Å². The molecule has 2 amide bonds. The van der Waals surface area contributed by atoms with Gasteiger partial charge in [-0.3, -0.25) is 9.59 Å². The summed E-state index contributed by atoms with van der Waals surface area (Å²) in [5, 5.41) is 2.82. The van der Waals surface area contributed by atoms with Crippen molar-refractivity contribution in [2.75, 3.05) is 13.7 Å². The largest absolute Gasteiger partial charge is 0.374 e. The van der Waals surface area contributed by atoms with Crippen LogP contribution in [0.15, 0.2) is 30.3 Å². The average Bonchev–Trinajstić information content (AvgIpc) is 2.96. The summed E-state index contributed by atoms with van der Waals surface area (Å²) in [5.74, 6) is -0.770. The summed E-state index contributed by atoms with van der Waals surface area (Å²) < 4.78 is 11.6. The summed E-state index contributed by atoms with van der Waals surface area (Å²) in [6.07, 6.45) is -0.0704. The van der Waals surface area contributed by atoms with Crippen molar-refractivity contribution in [3.05, 3.63) is 35.9 Å². The van der Waals surface area contributed by atoms with Gasteiger partial charge in [0.05, 0.1) is 0 Å². The molecule has 2 fully saturated rings. The number of carbonyl (C=O) groups excluding carboxylic acids is 2. The van der Waals surface area contributed by atoms with Crippen molar-refractivity contribution in [3.63, 3.8) is 0 Å². The monoisotopic (exact) mass is 318 g/mol. The van der Waals surface area contributed by atoms with E-state index >= 15 is 0 Å². The Morgan fingerprint density at radius 3 is 2.74 bits per heavy atom. The van der Waals surface area contributed by atoms with Crippen LogP contribution in [0.5, 0.6) is 0 Å². The highest BCUT2D eigenvalue weighted by Gasteiger charge is 2.72. The molecule has 0 saturated carbocycles. The third-order valence-corrected chi connectivity index (χ3v) is 4.73. The SMILES string of the molecule is CCO[C@H]1C[C@]2(C)O[C@@]1(C(=O)NCc1ccccc1)C(=O)N2C. The first kappa shape index (κ1) is 16.0. The molecular formula is C17H22N2O4. The van der Waals surface area contributed by atoms with E-state index in [1.54, 1.807) is 7.05 Å². The molecule has 23 heavy (non-hydrogen) atoms. The molecule has 2 saturated heterocycles. The van der Waals surface area contributed by atoms with Crippen LogP contribution in [0.4, 0.5) is 0 Å². The van der Waals surface area contributed by atoms with Crippen molar-refractivity contribution in [3.8, 4) is 0 Å². The predicted octanol–water partition coefficient (Wildman–Crippen LogP) is 1.06. The second-order valence-electron chi connectivity index (χ2n) is 6.19. The highest BCUT2D eigenvalue weighted by molar-refractivity contribution is 6.11. The molecule has 0 unspecified atom stereocenters. The van der Waals surface area contributed by atoms with E-state index in [0.717, 1.165) is 5.56 Å². The van der Waals surface area contributed by atoms with E-state index in [1.165, 1.54) is 4.90 Å². The first-order chi connectivity index (χ1) is 10.9. The van der Waals surface area contributed by atoms with Gasteiger partial charge in [0.15, 0.2) is 0 Å². The Kier molecular flexibility index (Phi) is 3.90. The number of piperidine rings is 1. The third kappa shape index (κ3) is 2.33. The Labute approximate surface area is 135 Å². The van der Waals surface area contributed by atoms with Gasteiger partial charge in [-0.2, -0.15) is 0 Å². The van der Waals surface area contributed by atoms with Gasteiger partial charge in [-0.25, -0.2) is 0 Å². The lowest BCUT2D eigenvalue weighted by Crippen LogP contribution is -2.61. The van der Waals surface area contributed by atoms with Gasteiger partial charge in [-0.15, -0.1) is 0 Å². The van der Waals surface area contributed by atoms with Crippen LogP contribution in [-0.2, 0) is 25.6 Å². The number of likely N-dealkylation sites (tertiary alicyclic amines) is 1. The van der Waals surface area contributed by atoms with Gasteiger partial charge in [0.25, 0.3) is 17.4 Å². The summed E-state index contributed by atoms with van der Waals surface area (Å²) in [5.41, 5.74) is -1.40. The lowest BCUT2D eigenvalue weighted by Gasteiger charge is -2.34. The van der Waals surface area contributed by atoms with E-state index in [9.17, 15) is 9.59 Å². The number of nitrogens with zero attached hydrogens (tertiary/aromatic N) is 1. The number of benzene rings is 1. The van der Waals surface area contributed by atoms with Gasteiger partial charge in [0.1, 0.15) is 11.8 Å². The Balaban J connectivity index is 1.82. The van der Waals surface area contributed by atoms with Gasteiger partial charge in [0, 0.05) is 26.6 Å². The molecular weight excluding hydrogens is 296 g/mol. The number of hydrogen-bond donors (Lipinski definition) is 1. The molecule has 124 valence electrons. The van der Waals surface area contributed by atoms with Crippen molar-refractivity contribution >= 4 is 11.8 Å². The van der Waals surface area contributed by atoms with E-state index in [-0.39, 0.29) is 5.91 Å². The standard InChI is InChI=1S/C17H22N2O4/c1-4-22-13-10-16(2)19(3)15(21)17(13,23-16)14(20)18-11-12-8-6-5-7-9-12/h5-9,13H,4,10-11H2,1-3H3,(H,18,20)/t13-,16-,17-/m0/s1. The number of fused-ring (bicyclic) bond motifs is 2. The predicted molar refractivity (Wildman–Crippen MR) is 83.3 cm³/mol. The van der Waals surface area contributed by atoms with Crippen molar-refractivity contribution in [2.24, 2.45) is 0 Å². The second kappa shape index (κ2) is 5.62. The van der Waals surface area contributed by atoms with Crippen LogP contribution in [0.1, 0.15) is 25.8 Å². The van der Waals surface area contributed by atoms with Crippen LogP contribution >= 0.6 is 0 Å². The number of carbonyl (C=O) groups is 2. The highest BCUT2D eigenvalue weighted by Crippen LogP contribution is 2.49. The van der Waals surface area contributed by atoms with Gasteiger partial charge in [0.2, 0.25) is 0 Å². The van der Waals surface area contributed by atoms with Crippen LogP contribution in [-0.4, -0.2) is 47.8 Å². The van der Waals surface area contributed by atoms with Crippen molar-refractivity contribution in [2.45, 2.75) is 44.2 Å². The summed E-state index contributed by atoms with van der Waals surface area (Å²) in [4.78, 5) is 27.0. The van der Waals surface area contributed by atoms with E-state index in [4.69, 9.17) is 9.47 Å². The van der Waals surface area contributed by atoms with Crippen molar-refractivity contribution < 1.29 is 19.1 Å². The Hall–Kier alpha value is -1.92. The molecule has 6 nitrogen and oxygen atoms in total. The zero-order chi connectivity index (χ0) is 16.7. The summed E-state index contributed by atoms with van der Waals surface area (Å²) in [6, 6.07) is 9.55. The maximum Gasteiger partial charge on any atom is 0.269 e. The van der Waals surface area contributed by atoms with Crippen LogP contribution in [0.2, 0.25) is 0 Å². The Morgan fingerprint density at radius 2 is 2.13 bits per heavy atom. The molecule has 1 N–H and O–H groups in total. The van der Waals surface area contributed by atoms with Gasteiger partial charge in [-0.05, 0) is 19.4 Å². The average molecular weight is 318 g/mol. The maximum absolute atomic E-state index is 12.8. The van der Waals surface area contributed by atoms with Crippen LogP contribution in [0.3, 0.4) is 0 Å². The lowest BCUT2D eigenvalue weighted by atomic mass is 9.88. The van der Waals surface area contributed by atoms with E-state index in [2.05, 4.69) is 5.32 Å². The molecule has 0 aliphatic carbocycles. The minimum atomic E-state index is -1.58. The van der Waals surface area contributed by atoms with Crippen LogP contribution < -0.4 is 5.32 Å². The van der Waals surface area contributed by atoms with Gasteiger partial charge in [-0.1, -0.05) is 30.3 Å². The van der Waals surface area contributed by atoms with E-state index in [1.807, 2.05) is 44.2 Å². The quantitative estimate of drug-likeness (QED) is 0.824. The van der Waals surface area contributed by atoms with Crippen LogP contribution in [0, 0.1) is 0 Å². The Bertz CT molecular complexity index is 620. The number of amides is 2. The van der Waals surface area contributed by atoms with Crippen molar-refractivity contribution in [1.29, 1.82) is 0 Å². The molecule has 1 aromatic carbocycles. The van der Waals surface area contributed by atoms with Gasteiger partial charge < -0.3 is 19.7 Å². The number of rotatable bonds is 5. The summed E-state index contributed by atoms with van der Waals surface area (Å²) >= 11 is 0. The molecule has 2 aliphatic heterocycles. The number of hydrogen-bond acceptors (Lipinski definition) is 4. The highest BCUT2D eigenvalue weighted by atomic mass is 16.6. The first-order valence-corrected chi connectivity index (χ1v) is 7.86. The molecule has 6 heteroatoms. The normalized spacial score (nSPS) is 32.4. The van der Waals surface area contributed by atoms with E-state index in [0.29, 0.717) is 19.6 Å². The fourth-order valence-electron chi connectivity index (χ4n) is 3.37. The number of nitrogens with one attached hydrogen (secondary N) is 1. The lowest BCUT2D eigenvalue weighted by molar-refractivity contribution is -0.161.